The van der Waals surface area contributed by atoms with E-state index in [-0.39, 0.29) is 0 Å². The molecule has 10 rings (SSSR count). The van der Waals surface area contributed by atoms with Gasteiger partial charge in [-0.05, 0) is 80.9 Å². The predicted molar refractivity (Wildman–Crippen MR) is 251 cm³/mol. The number of hydrogen-bond acceptors (Lipinski definition) is 3. The first-order chi connectivity index (χ1) is 28.2. The summed E-state index contributed by atoms with van der Waals surface area (Å²) in [6.07, 6.45) is 3.97. The molecule has 0 spiro atoms. The standard InChI is InChI=1S/C54H37NS2/c1-3-44-49(4-2)57-54-45(41-19-12-7-13-20-41)33-34-48(53(44)54)55(43-30-27-40(28-31-43)39-25-23-38(24-26-39)36-15-8-5-9-16-36)47-21-14-22-50-52(47)46-32-29-42(35-51(46)56-50)37-17-10-6-11-18-37/h3-35H,1-2H2. The fourth-order valence-electron chi connectivity index (χ4n) is 8.11. The van der Waals surface area contributed by atoms with Crippen LogP contribution in [0.15, 0.2) is 201 Å². The molecule has 270 valence electrons. The van der Waals surface area contributed by atoms with Gasteiger partial charge in [0.1, 0.15) is 0 Å². The molecule has 57 heavy (non-hydrogen) atoms. The van der Waals surface area contributed by atoms with Crippen LogP contribution >= 0.6 is 22.7 Å². The monoisotopic (exact) mass is 763 g/mol. The lowest BCUT2D eigenvalue weighted by Gasteiger charge is -2.28. The summed E-state index contributed by atoms with van der Waals surface area (Å²) in [5.74, 6) is 0. The summed E-state index contributed by atoms with van der Waals surface area (Å²) in [5.41, 5.74) is 14.1. The molecule has 0 saturated carbocycles. The molecule has 0 N–H and O–H groups in total. The van der Waals surface area contributed by atoms with Crippen LogP contribution in [-0.4, -0.2) is 0 Å². The van der Waals surface area contributed by atoms with E-state index >= 15 is 0 Å². The molecule has 0 fully saturated rings. The maximum Gasteiger partial charge on any atom is 0.0555 e. The summed E-state index contributed by atoms with van der Waals surface area (Å²) >= 11 is 3.64. The lowest BCUT2D eigenvalue weighted by Crippen LogP contribution is -2.11. The lowest BCUT2D eigenvalue weighted by molar-refractivity contribution is 1.32. The van der Waals surface area contributed by atoms with Gasteiger partial charge in [0.15, 0.2) is 0 Å². The van der Waals surface area contributed by atoms with Gasteiger partial charge < -0.3 is 4.90 Å². The van der Waals surface area contributed by atoms with Crippen LogP contribution in [-0.2, 0) is 0 Å². The first kappa shape index (κ1) is 34.7. The second-order valence-electron chi connectivity index (χ2n) is 14.1. The molecule has 0 saturated heterocycles. The highest BCUT2D eigenvalue weighted by molar-refractivity contribution is 7.26. The van der Waals surface area contributed by atoms with Crippen LogP contribution in [0.2, 0.25) is 0 Å². The van der Waals surface area contributed by atoms with Gasteiger partial charge in [0.25, 0.3) is 0 Å². The smallest absolute Gasteiger partial charge is 0.0555 e. The second kappa shape index (κ2) is 14.7. The van der Waals surface area contributed by atoms with E-state index in [1.54, 1.807) is 11.3 Å². The molecular weight excluding hydrogens is 727 g/mol. The second-order valence-corrected chi connectivity index (χ2v) is 16.3. The molecule has 0 bridgehead atoms. The van der Waals surface area contributed by atoms with Crippen molar-refractivity contribution in [2.24, 2.45) is 0 Å². The molecule has 8 aromatic carbocycles. The fourth-order valence-corrected chi connectivity index (χ4v) is 10.5. The maximum absolute atomic E-state index is 4.34. The van der Waals surface area contributed by atoms with Crippen molar-refractivity contribution in [3.8, 4) is 44.5 Å². The Morgan fingerprint density at radius 2 is 0.947 bits per heavy atom. The SMILES string of the molecule is C=Cc1sc2c(-c3ccccc3)ccc(N(c3ccc(-c4ccc(-c5ccccc5)cc4)cc3)c3cccc4sc5cc(-c6ccccc6)ccc5c34)c2c1C=C. The van der Waals surface area contributed by atoms with Crippen molar-refractivity contribution >= 4 is 82.1 Å². The Kier molecular flexibility index (Phi) is 8.95. The Bertz CT molecular complexity index is 3060. The summed E-state index contributed by atoms with van der Waals surface area (Å²) in [6.45, 7) is 8.58. The van der Waals surface area contributed by atoms with Gasteiger partial charge in [-0.25, -0.2) is 0 Å². The average Bonchev–Trinajstić information content (AvgIpc) is 3.86. The van der Waals surface area contributed by atoms with E-state index in [0.29, 0.717) is 0 Å². The fraction of sp³-hybridized carbons (Fsp3) is 0. The van der Waals surface area contributed by atoms with Crippen molar-refractivity contribution < 1.29 is 0 Å². The first-order valence-electron chi connectivity index (χ1n) is 19.1. The number of fused-ring (bicyclic) bond motifs is 4. The van der Waals surface area contributed by atoms with Gasteiger partial charge >= 0.3 is 0 Å². The van der Waals surface area contributed by atoms with E-state index in [2.05, 4.69) is 206 Å². The van der Waals surface area contributed by atoms with Crippen molar-refractivity contribution in [1.82, 2.24) is 0 Å². The Balaban J connectivity index is 1.18. The third-order valence-electron chi connectivity index (χ3n) is 10.9. The van der Waals surface area contributed by atoms with Gasteiger partial charge in [0, 0.05) is 46.4 Å². The third kappa shape index (κ3) is 6.18. The Morgan fingerprint density at radius 1 is 0.404 bits per heavy atom. The van der Waals surface area contributed by atoms with Crippen molar-refractivity contribution in [3.63, 3.8) is 0 Å². The Morgan fingerprint density at radius 3 is 1.56 bits per heavy atom. The van der Waals surface area contributed by atoms with Crippen LogP contribution in [0.3, 0.4) is 0 Å². The predicted octanol–water partition coefficient (Wildman–Crippen LogP) is 16.7. The molecule has 0 amide bonds. The molecule has 1 nitrogen and oxygen atoms in total. The van der Waals surface area contributed by atoms with E-state index < -0.39 is 0 Å². The highest BCUT2D eigenvalue weighted by Gasteiger charge is 2.24. The number of hydrogen-bond donors (Lipinski definition) is 0. The van der Waals surface area contributed by atoms with Gasteiger partial charge in [-0.1, -0.05) is 177 Å². The van der Waals surface area contributed by atoms with Crippen LogP contribution < -0.4 is 4.90 Å². The molecule has 0 atom stereocenters. The van der Waals surface area contributed by atoms with E-state index in [9.17, 15) is 0 Å². The number of thiophene rings is 2. The molecule has 10 aromatic rings. The molecule has 2 heterocycles. The van der Waals surface area contributed by atoms with Gasteiger partial charge in [-0.3, -0.25) is 0 Å². The largest absolute Gasteiger partial charge is 0.309 e. The van der Waals surface area contributed by atoms with Gasteiger partial charge in [-0.15, -0.1) is 22.7 Å². The van der Waals surface area contributed by atoms with Crippen molar-refractivity contribution in [2.75, 3.05) is 4.90 Å². The molecular formula is C54H37NS2. The van der Waals surface area contributed by atoms with E-state index in [1.165, 1.54) is 74.8 Å². The molecule has 0 aliphatic carbocycles. The zero-order valence-electron chi connectivity index (χ0n) is 31.2. The van der Waals surface area contributed by atoms with Crippen molar-refractivity contribution in [3.05, 3.63) is 212 Å². The van der Waals surface area contributed by atoms with Crippen LogP contribution in [0.5, 0.6) is 0 Å². The van der Waals surface area contributed by atoms with Crippen molar-refractivity contribution in [1.29, 1.82) is 0 Å². The summed E-state index contributed by atoms with van der Waals surface area (Å²) in [6, 6.07) is 68.1. The topological polar surface area (TPSA) is 3.24 Å². The number of anilines is 3. The van der Waals surface area contributed by atoms with E-state index in [0.717, 1.165) is 27.5 Å². The highest BCUT2D eigenvalue weighted by Crippen LogP contribution is 2.51. The highest BCUT2D eigenvalue weighted by atomic mass is 32.1. The summed E-state index contributed by atoms with van der Waals surface area (Å²) in [4.78, 5) is 3.58. The number of benzene rings is 8. The van der Waals surface area contributed by atoms with Crippen molar-refractivity contribution in [2.45, 2.75) is 0 Å². The normalized spacial score (nSPS) is 11.3. The van der Waals surface area contributed by atoms with Crippen LogP contribution in [0.1, 0.15) is 10.4 Å². The molecule has 0 unspecified atom stereocenters. The quantitative estimate of drug-likeness (QED) is 0.142. The zero-order chi connectivity index (χ0) is 38.3. The van der Waals surface area contributed by atoms with Crippen LogP contribution in [0, 0.1) is 0 Å². The minimum Gasteiger partial charge on any atom is -0.309 e. The molecule has 0 radical (unpaired) electrons. The van der Waals surface area contributed by atoms with Gasteiger partial charge in [-0.2, -0.15) is 0 Å². The number of nitrogens with zero attached hydrogens (tertiary/aromatic N) is 1. The minimum atomic E-state index is 1.09. The van der Waals surface area contributed by atoms with Crippen LogP contribution in [0.4, 0.5) is 17.1 Å². The molecule has 2 aromatic heterocycles. The Labute approximate surface area is 341 Å². The third-order valence-corrected chi connectivity index (χ3v) is 13.2. The Hall–Kier alpha value is -6.78. The zero-order valence-corrected chi connectivity index (χ0v) is 32.9. The van der Waals surface area contributed by atoms with Gasteiger partial charge in [0.2, 0.25) is 0 Å². The van der Waals surface area contributed by atoms with Gasteiger partial charge in [0.05, 0.1) is 11.4 Å². The first-order valence-corrected chi connectivity index (χ1v) is 20.8. The van der Waals surface area contributed by atoms with E-state index in [4.69, 9.17) is 0 Å². The molecule has 0 aliphatic rings. The minimum absolute atomic E-state index is 1.09. The maximum atomic E-state index is 4.34. The molecule has 0 aliphatic heterocycles. The van der Waals surface area contributed by atoms with E-state index in [1.807, 2.05) is 23.5 Å². The summed E-state index contributed by atoms with van der Waals surface area (Å²) < 4.78 is 3.75. The summed E-state index contributed by atoms with van der Waals surface area (Å²) in [7, 11) is 0. The van der Waals surface area contributed by atoms with Crippen LogP contribution in [0.25, 0.3) is 86.9 Å². The lowest BCUT2D eigenvalue weighted by atomic mass is 9.98. The summed E-state index contributed by atoms with van der Waals surface area (Å²) in [5, 5.41) is 3.68. The number of rotatable bonds is 9. The average molecular weight is 764 g/mol. The molecule has 3 heteroatoms.